The third-order valence-electron chi connectivity index (χ3n) is 3.27. The molecule has 0 saturated heterocycles. The number of imidazole rings is 1. The first-order chi connectivity index (χ1) is 10.0. The first-order valence-corrected chi connectivity index (χ1v) is 7.11. The van der Waals surface area contributed by atoms with Crippen LogP contribution in [-0.2, 0) is 5.88 Å². The summed E-state index contributed by atoms with van der Waals surface area (Å²) >= 11 is 11.7. The second-order valence-electron chi connectivity index (χ2n) is 4.68. The summed E-state index contributed by atoms with van der Waals surface area (Å²) in [5.74, 6) is -0.324. The summed E-state index contributed by atoms with van der Waals surface area (Å²) in [5, 5.41) is 0.301. The van der Waals surface area contributed by atoms with E-state index in [9.17, 15) is 8.78 Å². The van der Waals surface area contributed by atoms with Crippen LogP contribution in [0.4, 0.5) is 8.78 Å². The first kappa shape index (κ1) is 14.3. The van der Waals surface area contributed by atoms with E-state index in [4.69, 9.17) is 23.2 Å². The first-order valence-electron chi connectivity index (χ1n) is 6.20. The number of hydrogen-bond donors (Lipinski definition) is 0. The Morgan fingerprint density at radius 2 is 1.90 bits per heavy atom. The van der Waals surface area contributed by atoms with Crippen molar-refractivity contribution >= 4 is 34.2 Å². The molecule has 6 heteroatoms. The van der Waals surface area contributed by atoms with Crippen LogP contribution in [0.25, 0.3) is 16.7 Å². The van der Waals surface area contributed by atoms with Gasteiger partial charge in [-0.15, -0.1) is 11.6 Å². The van der Waals surface area contributed by atoms with Gasteiger partial charge in [-0.3, -0.25) is 4.57 Å². The van der Waals surface area contributed by atoms with Crippen molar-refractivity contribution in [2.45, 2.75) is 12.8 Å². The summed E-state index contributed by atoms with van der Waals surface area (Å²) in [7, 11) is 0. The van der Waals surface area contributed by atoms with E-state index < -0.39 is 5.82 Å². The Morgan fingerprint density at radius 3 is 2.57 bits per heavy atom. The average molecular weight is 327 g/mol. The van der Waals surface area contributed by atoms with E-state index in [1.54, 1.807) is 29.7 Å². The lowest BCUT2D eigenvalue weighted by molar-refractivity contribution is 0.617. The number of alkyl halides is 1. The number of halogens is 4. The van der Waals surface area contributed by atoms with Gasteiger partial charge in [0.15, 0.2) is 0 Å². The third kappa shape index (κ3) is 2.39. The number of aromatic nitrogens is 2. The minimum Gasteiger partial charge on any atom is -0.292 e. The topological polar surface area (TPSA) is 17.8 Å². The molecule has 3 aromatic rings. The van der Waals surface area contributed by atoms with Crippen LogP contribution in [0, 0.1) is 18.6 Å². The van der Waals surface area contributed by atoms with E-state index in [1.807, 2.05) is 0 Å². The van der Waals surface area contributed by atoms with E-state index in [2.05, 4.69) is 4.98 Å². The highest BCUT2D eigenvalue weighted by Crippen LogP contribution is 2.27. The molecule has 0 spiro atoms. The number of hydrogen-bond acceptors (Lipinski definition) is 1. The Labute approximate surface area is 129 Å². The molecule has 2 aromatic carbocycles. The fraction of sp³-hybridized carbons (Fsp3) is 0.133. The smallest absolute Gasteiger partial charge is 0.148 e. The van der Waals surface area contributed by atoms with Gasteiger partial charge < -0.3 is 0 Å². The number of rotatable bonds is 2. The monoisotopic (exact) mass is 326 g/mol. The maximum Gasteiger partial charge on any atom is 0.148 e. The predicted molar refractivity (Wildman–Crippen MR) is 80.3 cm³/mol. The molecule has 0 aliphatic rings. The maximum absolute atomic E-state index is 14.2. The van der Waals surface area contributed by atoms with Crippen LogP contribution in [0.1, 0.15) is 11.4 Å². The second-order valence-corrected chi connectivity index (χ2v) is 5.39. The van der Waals surface area contributed by atoms with Crippen LogP contribution in [0.15, 0.2) is 30.3 Å². The van der Waals surface area contributed by atoms with Gasteiger partial charge in [-0.2, -0.15) is 0 Å². The average Bonchev–Trinajstić information content (AvgIpc) is 2.77. The van der Waals surface area contributed by atoms with Crippen molar-refractivity contribution in [2.75, 3.05) is 0 Å². The summed E-state index contributed by atoms with van der Waals surface area (Å²) < 4.78 is 29.4. The molecule has 1 aromatic heterocycles. The van der Waals surface area contributed by atoms with Crippen molar-refractivity contribution in [1.82, 2.24) is 9.55 Å². The summed E-state index contributed by atoms with van der Waals surface area (Å²) in [4.78, 5) is 4.26. The van der Waals surface area contributed by atoms with Gasteiger partial charge in [0.1, 0.15) is 17.5 Å². The SMILES string of the molecule is Cc1cc2c(cc1F)nc(CCl)n2-c1ccc(Cl)cc1F. The highest BCUT2D eigenvalue weighted by Gasteiger charge is 2.16. The Kier molecular flexibility index (Phi) is 3.59. The molecule has 0 aliphatic carbocycles. The van der Waals surface area contributed by atoms with Crippen molar-refractivity contribution in [3.05, 3.63) is 58.4 Å². The zero-order chi connectivity index (χ0) is 15.1. The van der Waals surface area contributed by atoms with Crippen molar-refractivity contribution in [2.24, 2.45) is 0 Å². The van der Waals surface area contributed by atoms with Crippen LogP contribution in [0.3, 0.4) is 0 Å². The maximum atomic E-state index is 14.2. The fourth-order valence-corrected chi connectivity index (χ4v) is 2.61. The molecule has 0 aliphatic heterocycles. The molecule has 0 saturated carbocycles. The van der Waals surface area contributed by atoms with Crippen molar-refractivity contribution in [3.8, 4) is 5.69 Å². The van der Waals surface area contributed by atoms with Gasteiger partial charge in [-0.25, -0.2) is 13.8 Å². The molecule has 0 amide bonds. The molecular weight excluding hydrogens is 317 g/mol. The highest BCUT2D eigenvalue weighted by atomic mass is 35.5. The van der Waals surface area contributed by atoms with Gasteiger partial charge in [0.05, 0.1) is 22.6 Å². The molecule has 1 heterocycles. The van der Waals surface area contributed by atoms with E-state index in [0.717, 1.165) is 0 Å². The largest absolute Gasteiger partial charge is 0.292 e. The number of fused-ring (bicyclic) bond motifs is 1. The predicted octanol–water partition coefficient (Wildman–Crippen LogP) is 5.00. The molecule has 108 valence electrons. The lowest BCUT2D eigenvalue weighted by Crippen LogP contribution is -2.02. The summed E-state index contributed by atoms with van der Waals surface area (Å²) in [6.45, 7) is 1.64. The van der Waals surface area contributed by atoms with Gasteiger partial charge in [-0.1, -0.05) is 11.6 Å². The molecule has 0 unspecified atom stereocenters. The third-order valence-corrected chi connectivity index (χ3v) is 3.75. The Balaban J connectivity index is 2.37. The highest BCUT2D eigenvalue weighted by molar-refractivity contribution is 6.30. The van der Waals surface area contributed by atoms with Gasteiger partial charge in [-0.05, 0) is 36.8 Å². The fourth-order valence-electron chi connectivity index (χ4n) is 2.27. The van der Waals surface area contributed by atoms with Gasteiger partial charge in [0.2, 0.25) is 0 Å². The minimum atomic E-state index is -0.491. The van der Waals surface area contributed by atoms with Gasteiger partial charge >= 0.3 is 0 Å². The summed E-state index contributed by atoms with van der Waals surface area (Å²) in [5.41, 5.74) is 1.77. The Hall–Kier alpha value is -1.65. The van der Waals surface area contributed by atoms with Crippen LogP contribution in [0.2, 0.25) is 5.02 Å². The zero-order valence-electron chi connectivity index (χ0n) is 11.0. The van der Waals surface area contributed by atoms with Crippen molar-refractivity contribution < 1.29 is 8.78 Å². The summed E-state index contributed by atoms with van der Waals surface area (Å²) in [6.07, 6.45) is 0. The number of aryl methyl sites for hydroxylation is 1. The lowest BCUT2D eigenvalue weighted by atomic mass is 10.2. The minimum absolute atomic E-state index is 0.0808. The quantitative estimate of drug-likeness (QED) is 0.605. The molecule has 3 rings (SSSR count). The molecule has 0 atom stereocenters. The zero-order valence-corrected chi connectivity index (χ0v) is 12.5. The van der Waals surface area contributed by atoms with Gasteiger partial charge in [0, 0.05) is 11.1 Å². The standard InChI is InChI=1S/C15H10Cl2F2N2/c1-8-4-14-12(6-10(8)18)20-15(7-16)21(14)13-3-2-9(17)5-11(13)19/h2-6H,7H2,1H3. The molecule has 21 heavy (non-hydrogen) atoms. The van der Waals surface area contributed by atoms with E-state index >= 15 is 0 Å². The van der Waals surface area contributed by atoms with Crippen LogP contribution in [0.5, 0.6) is 0 Å². The lowest BCUT2D eigenvalue weighted by Gasteiger charge is -2.09. The Bertz CT molecular complexity index is 843. The Morgan fingerprint density at radius 1 is 1.14 bits per heavy atom. The van der Waals surface area contributed by atoms with Crippen LogP contribution >= 0.6 is 23.2 Å². The molecule has 2 nitrogen and oxygen atoms in total. The normalized spacial score (nSPS) is 11.3. The van der Waals surface area contributed by atoms with Crippen molar-refractivity contribution in [1.29, 1.82) is 0 Å². The molecule has 0 N–H and O–H groups in total. The van der Waals surface area contributed by atoms with Crippen LogP contribution < -0.4 is 0 Å². The van der Waals surface area contributed by atoms with Crippen LogP contribution in [-0.4, -0.2) is 9.55 Å². The number of benzene rings is 2. The van der Waals surface area contributed by atoms with E-state index in [1.165, 1.54) is 12.1 Å². The van der Waals surface area contributed by atoms with Crippen molar-refractivity contribution in [3.63, 3.8) is 0 Å². The van der Waals surface area contributed by atoms with Gasteiger partial charge in [0.25, 0.3) is 0 Å². The molecule has 0 bridgehead atoms. The molecule has 0 radical (unpaired) electrons. The summed E-state index contributed by atoms with van der Waals surface area (Å²) in [6, 6.07) is 7.30. The van der Waals surface area contributed by atoms with E-state index in [0.29, 0.717) is 27.4 Å². The second kappa shape index (κ2) is 5.28. The van der Waals surface area contributed by atoms with E-state index in [-0.39, 0.29) is 17.4 Å². The molecule has 0 fully saturated rings. The number of nitrogens with zero attached hydrogens (tertiary/aromatic N) is 2. The molecular formula is C15H10Cl2F2N2.